The normalized spacial score (nSPS) is 21.6. The van der Waals surface area contributed by atoms with E-state index in [0.29, 0.717) is 11.5 Å². The van der Waals surface area contributed by atoms with E-state index in [9.17, 15) is 0 Å². The Morgan fingerprint density at radius 2 is 2.10 bits per heavy atom. The summed E-state index contributed by atoms with van der Waals surface area (Å²) in [4.78, 5) is 0. The van der Waals surface area contributed by atoms with Gasteiger partial charge in [-0.15, -0.1) is 0 Å². The summed E-state index contributed by atoms with van der Waals surface area (Å²) in [5.74, 6) is 2.47. The summed E-state index contributed by atoms with van der Waals surface area (Å²) in [5, 5.41) is 7.94. The molecule has 0 radical (unpaired) electrons. The molecule has 3 nitrogen and oxygen atoms in total. The molecule has 20 heavy (non-hydrogen) atoms. The minimum atomic E-state index is 0.367. The fourth-order valence-corrected chi connectivity index (χ4v) is 4.11. The maximum Gasteiger partial charge on any atom is 0.0647 e. The molecular weight excluding hydrogens is 266 g/mol. The van der Waals surface area contributed by atoms with Crippen LogP contribution in [0, 0.1) is 5.41 Å². The third-order valence-corrected chi connectivity index (χ3v) is 5.16. The van der Waals surface area contributed by atoms with E-state index in [0.717, 1.165) is 5.69 Å². The van der Waals surface area contributed by atoms with Crippen molar-refractivity contribution in [1.82, 2.24) is 9.78 Å². The Morgan fingerprint density at radius 1 is 1.30 bits per heavy atom. The van der Waals surface area contributed by atoms with E-state index in [1.807, 2.05) is 28.7 Å². The van der Waals surface area contributed by atoms with Crippen molar-refractivity contribution in [1.29, 1.82) is 0 Å². The number of nitrogens with zero attached hydrogens (tertiary/aromatic N) is 2. The molecule has 2 heterocycles. The highest BCUT2D eigenvalue weighted by Gasteiger charge is 2.32. The molecule has 4 heteroatoms. The summed E-state index contributed by atoms with van der Waals surface area (Å²) in [5.41, 5.74) is 2.66. The Bertz CT molecular complexity index is 546. The number of anilines is 1. The van der Waals surface area contributed by atoms with E-state index in [1.165, 1.54) is 23.6 Å². The lowest BCUT2D eigenvalue weighted by molar-refractivity contribution is 0.305. The van der Waals surface area contributed by atoms with Gasteiger partial charge in [0.1, 0.15) is 0 Å². The topological polar surface area (TPSA) is 29.9 Å². The van der Waals surface area contributed by atoms with Crippen LogP contribution >= 0.6 is 11.8 Å². The van der Waals surface area contributed by atoms with Gasteiger partial charge in [0.25, 0.3) is 0 Å². The van der Waals surface area contributed by atoms with Crippen LogP contribution in [0.25, 0.3) is 5.69 Å². The Balaban J connectivity index is 1.72. The lowest BCUT2D eigenvalue weighted by Gasteiger charge is -2.39. The SMILES string of the molecule is CC1(C)CCSCC1Nc1ccc(-n2cccn2)cc1. The monoisotopic (exact) mass is 287 g/mol. The van der Waals surface area contributed by atoms with Gasteiger partial charge in [0, 0.05) is 29.9 Å². The summed E-state index contributed by atoms with van der Waals surface area (Å²) in [6.45, 7) is 4.73. The molecule has 0 amide bonds. The number of benzene rings is 1. The van der Waals surface area contributed by atoms with Gasteiger partial charge in [-0.05, 0) is 47.9 Å². The highest BCUT2D eigenvalue weighted by Crippen LogP contribution is 2.36. The molecule has 0 spiro atoms. The molecule has 1 aliphatic rings. The fraction of sp³-hybridized carbons (Fsp3) is 0.438. The van der Waals surface area contributed by atoms with Crippen LogP contribution < -0.4 is 5.32 Å². The number of hydrogen-bond acceptors (Lipinski definition) is 3. The molecule has 1 atom stereocenters. The molecule has 1 unspecified atom stereocenters. The Kier molecular flexibility index (Phi) is 3.74. The van der Waals surface area contributed by atoms with E-state index in [4.69, 9.17) is 0 Å². The quantitative estimate of drug-likeness (QED) is 0.931. The van der Waals surface area contributed by atoms with Crippen LogP contribution in [0.4, 0.5) is 5.69 Å². The highest BCUT2D eigenvalue weighted by atomic mass is 32.2. The van der Waals surface area contributed by atoms with Crippen molar-refractivity contribution in [2.75, 3.05) is 16.8 Å². The van der Waals surface area contributed by atoms with Crippen molar-refractivity contribution >= 4 is 17.4 Å². The van der Waals surface area contributed by atoms with E-state index < -0.39 is 0 Å². The number of rotatable bonds is 3. The Morgan fingerprint density at radius 3 is 2.75 bits per heavy atom. The van der Waals surface area contributed by atoms with Gasteiger partial charge >= 0.3 is 0 Å². The first kappa shape index (κ1) is 13.6. The second kappa shape index (κ2) is 5.52. The number of nitrogens with one attached hydrogen (secondary N) is 1. The van der Waals surface area contributed by atoms with Crippen molar-refractivity contribution in [3.05, 3.63) is 42.7 Å². The average Bonchev–Trinajstić information content (AvgIpc) is 2.96. The fourth-order valence-electron chi connectivity index (χ4n) is 2.51. The highest BCUT2D eigenvalue weighted by molar-refractivity contribution is 7.99. The zero-order valence-corrected chi connectivity index (χ0v) is 12.9. The second-order valence-electron chi connectivity index (χ2n) is 6.01. The second-order valence-corrected chi connectivity index (χ2v) is 7.16. The van der Waals surface area contributed by atoms with Gasteiger partial charge in [-0.25, -0.2) is 4.68 Å². The van der Waals surface area contributed by atoms with Gasteiger partial charge in [-0.3, -0.25) is 0 Å². The molecule has 1 fully saturated rings. The summed E-state index contributed by atoms with van der Waals surface area (Å²) >= 11 is 2.05. The minimum Gasteiger partial charge on any atom is -0.381 e. The zero-order chi connectivity index (χ0) is 14.0. The van der Waals surface area contributed by atoms with Gasteiger partial charge in [-0.2, -0.15) is 16.9 Å². The lowest BCUT2D eigenvalue weighted by Crippen LogP contribution is -2.41. The first-order valence-electron chi connectivity index (χ1n) is 7.09. The number of hydrogen-bond donors (Lipinski definition) is 1. The van der Waals surface area contributed by atoms with Crippen molar-refractivity contribution in [3.8, 4) is 5.69 Å². The van der Waals surface area contributed by atoms with Gasteiger partial charge < -0.3 is 5.32 Å². The van der Waals surface area contributed by atoms with Crippen LogP contribution in [0.5, 0.6) is 0 Å². The van der Waals surface area contributed by atoms with Crippen molar-refractivity contribution in [2.45, 2.75) is 26.3 Å². The number of aromatic nitrogens is 2. The van der Waals surface area contributed by atoms with E-state index >= 15 is 0 Å². The van der Waals surface area contributed by atoms with Crippen LogP contribution in [0.2, 0.25) is 0 Å². The third-order valence-electron chi connectivity index (χ3n) is 4.10. The summed E-state index contributed by atoms with van der Waals surface area (Å²) in [6, 6.07) is 11.0. The first-order chi connectivity index (χ1) is 9.65. The van der Waals surface area contributed by atoms with Crippen LogP contribution in [0.3, 0.4) is 0 Å². The number of thioether (sulfide) groups is 1. The predicted octanol–water partition coefficient (Wildman–Crippen LogP) is 3.82. The molecule has 106 valence electrons. The predicted molar refractivity (Wildman–Crippen MR) is 86.7 cm³/mol. The molecule has 1 N–H and O–H groups in total. The molecule has 0 bridgehead atoms. The van der Waals surface area contributed by atoms with Gasteiger partial charge in [-0.1, -0.05) is 13.8 Å². The van der Waals surface area contributed by atoms with Crippen LogP contribution in [-0.2, 0) is 0 Å². The first-order valence-corrected chi connectivity index (χ1v) is 8.25. The molecule has 0 aliphatic carbocycles. The molecule has 1 aromatic carbocycles. The lowest BCUT2D eigenvalue weighted by atomic mass is 9.82. The molecule has 1 saturated heterocycles. The molecule has 1 aromatic heterocycles. The summed E-state index contributed by atoms with van der Waals surface area (Å²) < 4.78 is 1.88. The maximum absolute atomic E-state index is 4.25. The average molecular weight is 287 g/mol. The van der Waals surface area contributed by atoms with E-state index in [2.05, 4.69) is 48.5 Å². The van der Waals surface area contributed by atoms with Crippen molar-refractivity contribution < 1.29 is 0 Å². The Labute approximate surface area is 124 Å². The smallest absolute Gasteiger partial charge is 0.0647 e. The molecule has 0 saturated carbocycles. The largest absolute Gasteiger partial charge is 0.381 e. The van der Waals surface area contributed by atoms with Crippen molar-refractivity contribution in [3.63, 3.8) is 0 Å². The standard InChI is InChI=1S/C16H21N3S/c1-16(2)8-11-20-12-15(16)18-13-4-6-14(7-5-13)19-10-3-9-17-19/h3-7,9-10,15,18H,8,11-12H2,1-2H3. The Hall–Kier alpha value is -1.42. The summed E-state index contributed by atoms with van der Waals surface area (Å²) in [7, 11) is 0. The van der Waals surface area contributed by atoms with Crippen molar-refractivity contribution in [2.24, 2.45) is 5.41 Å². The van der Waals surface area contributed by atoms with Gasteiger partial charge in [0.2, 0.25) is 0 Å². The molecule has 3 rings (SSSR count). The molecule has 1 aliphatic heterocycles. The molecule has 2 aromatic rings. The third kappa shape index (κ3) is 2.85. The zero-order valence-electron chi connectivity index (χ0n) is 12.0. The van der Waals surface area contributed by atoms with Crippen LogP contribution in [0.15, 0.2) is 42.7 Å². The summed E-state index contributed by atoms with van der Waals surface area (Å²) in [6.07, 6.45) is 5.04. The van der Waals surface area contributed by atoms with E-state index in [1.54, 1.807) is 6.20 Å². The van der Waals surface area contributed by atoms with E-state index in [-0.39, 0.29) is 0 Å². The van der Waals surface area contributed by atoms with Crippen LogP contribution in [0.1, 0.15) is 20.3 Å². The maximum atomic E-state index is 4.25. The van der Waals surface area contributed by atoms with Gasteiger partial charge in [0.15, 0.2) is 0 Å². The van der Waals surface area contributed by atoms with Crippen LogP contribution in [-0.4, -0.2) is 27.3 Å². The van der Waals surface area contributed by atoms with Gasteiger partial charge in [0.05, 0.1) is 5.69 Å². The minimum absolute atomic E-state index is 0.367. The molecular formula is C16H21N3S.